The molecule has 0 bridgehead atoms. The highest BCUT2D eigenvalue weighted by Gasteiger charge is 2.24. The van der Waals surface area contributed by atoms with Crippen molar-refractivity contribution in [1.29, 1.82) is 0 Å². The van der Waals surface area contributed by atoms with Crippen LogP contribution in [0, 0.1) is 12.7 Å². The van der Waals surface area contributed by atoms with Crippen molar-refractivity contribution in [3.8, 4) is 0 Å². The molecule has 0 amide bonds. The van der Waals surface area contributed by atoms with E-state index in [-0.39, 0.29) is 11.9 Å². The van der Waals surface area contributed by atoms with Gasteiger partial charge in [-0.15, -0.1) is 0 Å². The van der Waals surface area contributed by atoms with Gasteiger partial charge in [0.1, 0.15) is 5.82 Å². The van der Waals surface area contributed by atoms with Gasteiger partial charge < -0.3 is 9.88 Å². The monoisotopic (exact) mass is 323 g/mol. The first kappa shape index (κ1) is 15.3. The molecule has 124 valence electrons. The standard InChI is InChI=1S/C20H22FN3/c1-13-3-4-15(12-23-13)8-10-24-18-6-5-16(21)11-17(18)20-14(2)22-9-7-19(20)24/h3-6,11-12,14,22H,7-10H2,1-2H3. The van der Waals surface area contributed by atoms with E-state index in [0.29, 0.717) is 0 Å². The number of fused-ring (bicyclic) bond motifs is 3. The minimum Gasteiger partial charge on any atom is -0.344 e. The SMILES string of the molecule is Cc1ccc(CCn2c3c(c4cc(F)ccc42)C(C)NCC3)cn1. The lowest BCUT2D eigenvalue weighted by molar-refractivity contribution is 0.521. The summed E-state index contributed by atoms with van der Waals surface area (Å²) in [5, 5.41) is 4.55. The molecule has 0 saturated heterocycles. The van der Waals surface area contributed by atoms with Crippen LogP contribution in [-0.4, -0.2) is 16.1 Å². The number of aryl methyl sites for hydroxylation is 3. The molecule has 0 radical (unpaired) electrons. The van der Waals surface area contributed by atoms with Crippen LogP contribution in [0.3, 0.4) is 0 Å². The van der Waals surface area contributed by atoms with Gasteiger partial charge in [0.2, 0.25) is 0 Å². The number of benzene rings is 1. The number of halogens is 1. The summed E-state index contributed by atoms with van der Waals surface area (Å²) in [5.41, 5.74) is 6.02. The Kier molecular flexibility index (Phi) is 3.85. The summed E-state index contributed by atoms with van der Waals surface area (Å²) < 4.78 is 16.2. The summed E-state index contributed by atoms with van der Waals surface area (Å²) in [6.07, 6.45) is 3.88. The van der Waals surface area contributed by atoms with Gasteiger partial charge in [0, 0.05) is 54.0 Å². The molecule has 3 nitrogen and oxygen atoms in total. The number of aromatic nitrogens is 2. The lowest BCUT2D eigenvalue weighted by Crippen LogP contribution is -2.28. The average Bonchev–Trinajstić information content (AvgIpc) is 2.88. The van der Waals surface area contributed by atoms with Crippen LogP contribution >= 0.6 is 0 Å². The van der Waals surface area contributed by atoms with Gasteiger partial charge in [-0.2, -0.15) is 0 Å². The number of rotatable bonds is 3. The van der Waals surface area contributed by atoms with Crippen LogP contribution in [-0.2, 0) is 19.4 Å². The normalized spacial score (nSPS) is 17.2. The molecular formula is C20H22FN3. The van der Waals surface area contributed by atoms with Crippen LogP contribution in [0.25, 0.3) is 10.9 Å². The van der Waals surface area contributed by atoms with Crippen molar-refractivity contribution >= 4 is 10.9 Å². The number of hydrogen-bond acceptors (Lipinski definition) is 2. The maximum atomic E-state index is 13.8. The Morgan fingerprint density at radius 3 is 2.96 bits per heavy atom. The first-order valence-electron chi connectivity index (χ1n) is 8.59. The fraction of sp³-hybridized carbons (Fsp3) is 0.350. The third-order valence-electron chi connectivity index (χ3n) is 5.02. The van der Waals surface area contributed by atoms with Gasteiger partial charge in [-0.05, 0) is 55.7 Å². The maximum Gasteiger partial charge on any atom is 0.123 e. The third kappa shape index (κ3) is 2.61. The zero-order valence-corrected chi connectivity index (χ0v) is 14.1. The van der Waals surface area contributed by atoms with E-state index in [2.05, 4.69) is 33.9 Å². The third-order valence-corrected chi connectivity index (χ3v) is 5.02. The van der Waals surface area contributed by atoms with Crippen molar-refractivity contribution in [1.82, 2.24) is 14.9 Å². The fourth-order valence-electron chi connectivity index (χ4n) is 3.81. The van der Waals surface area contributed by atoms with Gasteiger partial charge in [-0.3, -0.25) is 4.98 Å². The second-order valence-corrected chi connectivity index (χ2v) is 6.66. The van der Waals surface area contributed by atoms with Crippen molar-refractivity contribution in [3.63, 3.8) is 0 Å². The first-order valence-corrected chi connectivity index (χ1v) is 8.59. The van der Waals surface area contributed by atoms with E-state index in [1.165, 1.54) is 16.8 Å². The van der Waals surface area contributed by atoms with Crippen LogP contribution < -0.4 is 5.32 Å². The molecule has 4 rings (SSSR count). The van der Waals surface area contributed by atoms with Crippen molar-refractivity contribution in [2.45, 2.75) is 39.3 Å². The molecule has 24 heavy (non-hydrogen) atoms. The molecule has 1 unspecified atom stereocenters. The quantitative estimate of drug-likeness (QED) is 0.791. The zero-order valence-electron chi connectivity index (χ0n) is 14.1. The molecular weight excluding hydrogens is 301 g/mol. The van der Waals surface area contributed by atoms with Gasteiger partial charge in [0.25, 0.3) is 0 Å². The molecule has 1 aliphatic rings. The van der Waals surface area contributed by atoms with Crippen LogP contribution in [0.5, 0.6) is 0 Å². The molecule has 0 spiro atoms. The highest BCUT2D eigenvalue weighted by atomic mass is 19.1. The van der Waals surface area contributed by atoms with Crippen molar-refractivity contribution in [2.24, 2.45) is 0 Å². The van der Waals surface area contributed by atoms with Crippen molar-refractivity contribution < 1.29 is 4.39 Å². The lowest BCUT2D eigenvalue weighted by atomic mass is 9.99. The average molecular weight is 323 g/mol. The van der Waals surface area contributed by atoms with Gasteiger partial charge in [0.05, 0.1) is 0 Å². The molecule has 1 aliphatic heterocycles. The molecule has 0 fully saturated rings. The Morgan fingerprint density at radius 1 is 1.29 bits per heavy atom. The Hall–Kier alpha value is -2.20. The van der Waals surface area contributed by atoms with Crippen LogP contribution in [0.2, 0.25) is 0 Å². The summed E-state index contributed by atoms with van der Waals surface area (Å²) in [6.45, 7) is 6.03. The summed E-state index contributed by atoms with van der Waals surface area (Å²) in [4.78, 5) is 4.38. The van der Waals surface area contributed by atoms with Gasteiger partial charge >= 0.3 is 0 Å². The van der Waals surface area contributed by atoms with Crippen LogP contribution in [0.1, 0.15) is 35.5 Å². The number of pyridine rings is 1. The Bertz CT molecular complexity index is 880. The van der Waals surface area contributed by atoms with E-state index in [1.54, 1.807) is 12.1 Å². The predicted molar refractivity (Wildman–Crippen MR) is 94.7 cm³/mol. The molecule has 4 heteroatoms. The fourth-order valence-corrected chi connectivity index (χ4v) is 3.81. The minimum atomic E-state index is -0.164. The summed E-state index contributed by atoms with van der Waals surface area (Å²) in [6, 6.07) is 9.63. The number of hydrogen-bond donors (Lipinski definition) is 1. The van der Waals surface area contributed by atoms with Crippen LogP contribution in [0.15, 0.2) is 36.5 Å². The summed E-state index contributed by atoms with van der Waals surface area (Å²) in [5.74, 6) is -0.164. The molecule has 3 aromatic rings. The van der Waals surface area contributed by atoms with Gasteiger partial charge in [-0.25, -0.2) is 4.39 Å². The highest BCUT2D eigenvalue weighted by molar-refractivity contribution is 5.86. The van der Waals surface area contributed by atoms with Gasteiger partial charge in [0.15, 0.2) is 0 Å². The molecule has 0 aliphatic carbocycles. The number of nitrogens with one attached hydrogen (secondary N) is 1. The Labute approximate surface area is 141 Å². The van der Waals surface area contributed by atoms with Crippen molar-refractivity contribution in [2.75, 3.05) is 6.54 Å². The van der Waals surface area contributed by atoms with E-state index < -0.39 is 0 Å². The molecule has 1 atom stereocenters. The van der Waals surface area contributed by atoms with E-state index in [0.717, 1.165) is 42.5 Å². The molecule has 0 saturated carbocycles. The zero-order chi connectivity index (χ0) is 16.7. The maximum absolute atomic E-state index is 13.8. The minimum absolute atomic E-state index is 0.164. The highest BCUT2D eigenvalue weighted by Crippen LogP contribution is 2.34. The summed E-state index contributed by atoms with van der Waals surface area (Å²) in [7, 11) is 0. The van der Waals surface area contributed by atoms with E-state index >= 15 is 0 Å². The smallest absolute Gasteiger partial charge is 0.123 e. The largest absolute Gasteiger partial charge is 0.344 e. The predicted octanol–water partition coefficient (Wildman–Crippen LogP) is 3.93. The van der Waals surface area contributed by atoms with E-state index in [9.17, 15) is 4.39 Å². The van der Waals surface area contributed by atoms with Crippen molar-refractivity contribution in [3.05, 3.63) is 64.9 Å². The Balaban J connectivity index is 1.75. The Morgan fingerprint density at radius 2 is 2.17 bits per heavy atom. The molecule has 1 N–H and O–H groups in total. The van der Waals surface area contributed by atoms with E-state index in [1.807, 2.05) is 19.2 Å². The molecule has 1 aromatic carbocycles. The lowest BCUT2D eigenvalue weighted by Gasteiger charge is -2.23. The molecule has 3 heterocycles. The first-order chi connectivity index (χ1) is 11.6. The second kappa shape index (κ2) is 6.02. The topological polar surface area (TPSA) is 29.9 Å². The van der Waals surface area contributed by atoms with Gasteiger partial charge in [-0.1, -0.05) is 6.07 Å². The molecule has 2 aromatic heterocycles. The summed E-state index contributed by atoms with van der Waals surface area (Å²) >= 11 is 0. The second-order valence-electron chi connectivity index (χ2n) is 6.66. The number of nitrogens with zero attached hydrogens (tertiary/aromatic N) is 2. The van der Waals surface area contributed by atoms with E-state index in [4.69, 9.17) is 0 Å². The van der Waals surface area contributed by atoms with Crippen LogP contribution in [0.4, 0.5) is 4.39 Å².